The minimum absolute atomic E-state index is 0.120. The first-order valence-corrected chi connectivity index (χ1v) is 11.8. The second-order valence-corrected chi connectivity index (χ2v) is 9.32. The standard InChI is InChI=1S/C19H19N5O2S3/c1-3-26-14-7-5-12(6-8-14)15-10-24-13(11-28-18(24)20-15)9-16(25)21-17-22-23-19(29-17)27-4-2/h5-8,10-11H,3-4,9H2,1-2H3,(H,21,22,25). The Kier molecular flexibility index (Phi) is 6.12. The molecule has 0 aliphatic rings. The first-order valence-electron chi connectivity index (χ1n) is 9.11. The molecule has 1 amide bonds. The van der Waals surface area contributed by atoms with Crippen molar-refractivity contribution in [1.82, 2.24) is 19.6 Å². The van der Waals surface area contributed by atoms with Gasteiger partial charge in [0.25, 0.3) is 0 Å². The van der Waals surface area contributed by atoms with E-state index >= 15 is 0 Å². The van der Waals surface area contributed by atoms with Crippen LogP contribution in [0.25, 0.3) is 16.2 Å². The van der Waals surface area contributed by atoms with Gasteiger partial charge in [-0.1, -0.05) is 30.0 Å². The number of thiazole rings is 1. The number of imidazole rings is 1. The number of fused-ring (bicyclic) bond motifs is 1. The lowest BCUT2D eigenvalue weighted by atomic mass is 10.1. The molecule has 29 heavy (non-hydrogen) atoms. The summed E-state index contributed by atoms with van der Waals surface area (Å²) in [5, 5.41) is 13.4. The summed E-state index contributed by atoms with van der Waals surface area (Å²) >= 11 is 4.52. The molecule has 0 aliphatic heterocycles. The van der Waals surface area contributed by atoms with Gasteiger partial charge in [-0.05, 0) is 36.9 Å². The van der Waals surface area contributed by atoms with Crippen molar-refractivity contribution in [3.8, 4) is 17.0 Å². The molecule has 4 aromatic rings. The summed E-state index contributed by atoms with van der Waals surface area (Å²) in [7, 11) is 0. The fourth-order valence-electron chi connectivity index (χ4n) is 2.75. The minimum Gasteiger partial charge on any atom is -0.494 e. The summed E-state index contributed by atoms with van der Waals surface area (Å²) in [6.45, 7) is 4.66. The van der Waals surface area contributed by atoms with E-state index in [0.717, 1.165) is 37.8 Å². The highest BCUT2D eigenvalue weighted by molar-refractivity contribution is 8.01. The van der Waals surface area contributed by atoms with E-state index in [2.05, 4.69) is 27.4 Å². The molecule has 0 radical (unpaired) electrons. The molecule has 0 aliphatic carbocycles. The van der Waals surface area contributed by atoms with E-state index in [4.69, 9.17) is 4.74 Å². The molecule has 0 unspecified atom stereocenters. The number of ether oxygens (including phenoxy) is 1. The van der Waals surface area contributed by atoms with Crippen LogP contribution in [0.2, 0.25) is 0 Å². The Morgan fingerprint density at radius 3 is 2.83 bits per heavy atom. The monoisotopic (exact) mass is 445 g/mol. The topological polar surface area (TPSA) is 81.4 Å². The van der Waals surface area contributed by atoms with Crippen molar-refractivity contribution >= 4 is 50.4 Å². The predicted octanol–water partition coefficient (Wildman–Crippen LogP) is 4.61. The Labute approximate surface area is 180 Å². The SMILES string of the molecule is CCOc1ccc(-c2cn3c(CC(=O)Nc4nnc(SCC)s4)csc3n2)cc1. The number of anilines is 1. The number of hydrogen-bond donors (Lipinski definition) is 1. The zero-order valence-electron chi connectivity index (χ0n) is 15.9. The zero-order chi connectivity index (χ0) is 20.2. The van der Waals surface area contributed by atoms with Crippen molar-refractivity contribution in [3.63, 3.8) is 0 Å². The third kappa shape index (κ3) is 4.60. The summed E-state index contributed by atoms with van der Waals surface area (Å²) in [4.78, 5) is 18.0. The minimum atomic E-state index is -0.120. The van der Waals surface area contributed by atoms with Gasteiger partial charge in [0, 0.05) is 22.8 Å². The van der Waals surface area contributed by atoms with Gasteiger partial charge in [-0.15, -0.1) is 21.5 Å². The molecule has 1 aromatic carbocycles. The lowest BCUT2D eigenvalue weighted by molar-refractivity contribution is -0.115. The van der Waals surface area contributed by atoms with Crippen molar-refractivity contribution in [2.24, 2.45) is 0 Å². The van der Waals surface area contributed by atoms with E-state index in [9.17, 15) is 4.79 Å². The number of amides is 1. The number of benzene rings is 1. The van der Waals surface area contributed by atoms with Gasteiger partial charge in [0.2, 0.25) is 11.0 Å². The predicted molar refractivity (Wildman–Crippen MR) is 118 cm³/mol. The van der Waals surface area contributed by atoms with Crippen LogP contribution in [0.5, 0.6) is 5.75 Å². The molecule has 0 spiro atoms. The van der Waals surface area contributed by atoms with Gasteiger partial charge >= 0.3 is 0 Å². The van der Waals surface area contributed by atoms with E-state index < -0.39 is 0 Å². The van der Waals surface area contributed by atoms with E-state index in [1.807, 2.05) is 47.2 Å². The number of aromatic nitrogens is 4. The van der Waals surface area contributed by atoms with Crippen LogP contribution >= 0.6 is 34.4 Å². The summed E-state index contributed by atoms with van der Waals surface area (Å²) in [5.74, 6) is 1.64. The molecule has 0 saturated heterocycles. The van der Waals surface area contributed by atoms with Crippen molar-refractivity contribution in [3.05, 3.63) is 41.5 Å². The highest BCUT2D eigenvalue weighted by atomic mass is 32.2. The lowest BCUT2D eigenvalue weighted by Crippen LogP contribution is -2.15. The Bertz CT molecular complexity index is 1120. The smallest absolute Gasteiger partial charge is 0.232 e. The van der Waals surface area contributed by atoms with Crippen LogP contribution in [0, 0.1) is 0 Å². The van der Waals surface area contributed by atoms with Gasteiger partial charge in [-0.25, -0.2) is 4.98 Å². The Morgan fingerprint density at radius 2 is 2.07 bits per heavy atom. The van der Waals surface area contributed by atoms with Crippen molar-refractivity contribution in [2.45, 2.75) is 24.6 Å². The molecule has 150 valence electrons. The number of nitrogens with zero attached hydrogens (tertiary/aromatic N) is 4. The molecule has 0 atom stereocenters. The molecule has 0 fully saturated rings. The summed E-state index contributed by atoms with van der Waals surface area (Å²) in [6, 6.07) is 7.86. The van der Waals surface area contributed by atoms with Crippen LogP contribution in [0.4, 0.5) is 5.13 Å². The van der Waals surface area contributed by atoms with Crippen LogP contribution in [0.1, 0.15) is 19.5 Å². The van der Waals surface area contributed by atoms with Crippen LogP contribution in [0.3, 0.4) is 0 Å². The number of carbonyl (C=O) groups is 1. The maximum Gasteiger partial charge on any atom is 0.232 e. The second kappa shape index (κ2) is 8.93. The molecule has 1 N–H and O–H groups in total. The number of hydrogen-bond acceptors (Lipinski definition) is 8. The van der Waals surface area contributed by atoms with Gasteiger partial charge in [0.15, 0.2) is 9.30 Å². The highest BCUT2D eigenvalue weighted by Crippen LogP contribution is 2.27. The van der Waals surface area contributed by atoms with E-state index in [1.54, 1.807) is 11.8 Å². The normalized spacial score (nSPS) is 11.1. The van der Waals surface area contributed by atoms with Crippen molar-refractivity contribution in [2.75, 3.05) is 17.7 Å². The fourth-order valence-corrected chi connectivity index (χ4v) is 5.29. The van der Waals surface area contributed by atoms with Gasteiger partial charge in [-0.2, -0.15) is 0 Å². The Hall–Kier alpha value is -2.43. The summed E-state index contributed by atoms with van der Waals surface area (Å²) < 4.78 is 8.31. The van der Waals surface area contributed by atoms with E-state index in [-0.39, 0.29) is 12.3 Å². The average molecular weight is 446 g/mol. The fraction of sp³-hybridized carbons (Fsp3) is 0.263. The van der Waals surface area contributed by atoms with Crippen LogP contribution in [0.15, 0.2) is 40.2 Å². The third-order valence-corrected chi connectivity index (χ3v) is 6.75. The van der Waals surface area contributed by atoms with Crippen LogP contribution < -0.4 is 10.1 Å². The van der Waals surface area contributed by atoms with Gasteiger partial charge in [0.05, 0.1) is 18.7 Å². The molecule has 0 bridgehead atoms. The molecule has 10 heteroatoms. The van der Waals surface area contributed by atoms with Crippen LogP contribution in [-0.4, -0.2) is 37.8 Å². The van der Waals surface area contributed by atoms with Gasteiger partial charge in [0.1, 0.15) is 5.75 Å². The van der Waals surface area contributed by atoms with E-state index in [1.165, 1.54) is 22.7 Å². The molecule has 3 heterocycles. The maximum absolute atomic E-state index is 12.4. The largest absolute Gasteiger partial charge is 0.494 e. The number of nitrogens with one attached hydrogen (secondary N) is 1. The second-order valence-electron chi connectivity index (χ2n) is 5.99. The van der Waals surface area contributed by atoms with Gasteiger partial charge in [-0.3, -0.25) is 9.20 Å². The number of rotatable bonds is 8. The first-order chi connectivity index (χ1) is 14.2. The summed E-state index contributed by atoms with van der Waals surface area (Å²) in [6.07, 6.45) is 2.21. The van der Waals surface area contributed by atoms with Crippen LogP contribution in [-0.2, 0) is 11.2 Å². The molecule has 0 saturated carbocycles. The quantitative estimate of drug-likeness (QED) is 0.315. The number of thioether (sulfide) groups is 1. The lowest BCUT2D eigenvalue weighted by Gasteiger charge is -2.03. The molecule has 4 rings (SSSR count). The van der Waals surface area contributed by atoms with Crippen molar-refractivity contribution in [1.29, 1.82) is 0 Å². The molecule has 7 nitrogen and oxygen atoms in total. The number of carbonyl (C=O) groups excluding carboxylic acids is 1. The van der Waals surface area contributed by atoms with Crippen molar-refractivity contribution < 1.29 is 9.53 Å². The zero-order valence-corrected chi connectivity index (χ0v) is 18.4. The summed E-state index contributed by atoms with van der Waals surface area (Å²) in [5.41, 5.74) is 2.77. The Morgan fingerprint density at radius 1 is 1.24 bits per heavy atom. The van der Waals surface area contributed by atoms with E-state index in [0.29, 0.717) is 11.7 Å². The average Bonchev–Trinajstić information content (AvgIpc) is 3.41. The Balaban J connectivity index is 1.47. The maximum atomic E-state index is 12.4. The molecular formula is C19H19N5O2S3. The molecular weight excluding hydrogens is 426 g/mol. The first kappa shape index (κ1) is 19.9. The van der Waals surface area contributed by atoms with Gasteiger partial charge < -0.3 is 10.1 Å². The highest BCUT2D eigenvalue weighted by Gasteiger charge is 2.14. The third-order valence-electron chi connectivity index (χ3n) is 4.01. The molecule has 3 aromatic heterocycles.